The highest BCUT2D eigenvalue weighted by Gasteiger charge is 2.07. The summed E-state index contributed by atoms with van der Waals surface area (Å²) in [5, 5.41) is 7.71. The van der Waals surface area contributed by atoms with Crippen LogP contribution in [0.2, 0.25) is 15.1 Å². The standard InChI is InChI=1S/C22H19Cl3N2O2/c1-14(28)27-19-6-4-18(5-7-19)26-12-16-11-17(23)3-9-22(16)29-13-15-2-8-20(24)21(25)10-15/h2-11,26H,12-13H2,1H3,(H,27,28). The van der Waals surface area contributed by atoms with Crippen molar-refractivity contribution in [1.82, 2.24) is 0 Å². The predicted molar refractivity (Wildman–Crippen MR) is 120 cm³/mol. The zero-order valence-corrected chi connectivity index (χ0v) is 17.9. The molecule has 2 N–H and O–H groups in total. The Morgan fingerprint density at radius 3 is 2.31 bits per heavy atom. The number of ether oxygens (including phenoxy) is 1. The van der Waals surface area contributed by atoms with Crippen molar-refractivity contribution in [2.24, 2.45) is 0 Å². The molecular formula is C22H19Cl3N2O2. The van der Waals surface area contributed by atoms with Crippen molar-refractivity contribution in [3.05, 3.63) is 86.9 Å². The van der Waals surface area contributed by atoms with Crippen LogP contribution in [0, 0.1) is 0 Å². The number of anilines is 2. The van der Waals surface area contributed by atoms with E-state index in [1.165, 1.54) is 6.92 Å². The SMILES string of the molecule is CC(=O)Nc1ccc(NCc2cc(Cl)ccc2OCc2ccc(Cl)c(Cl)c2)cc1. The van der Waals surface area contributed by atoms with Crippen molar-refractivity contribution in [2.45, 2.75) is 20.1 Å². The molecule has 4 nitrogen and oxygen atoms in total. The number of hydrogen-bond acceptors (Lipinski definition) is 3. The second-order valence-corrected chi connectivity index (χ2v) is 7.65. The molecule has 0 saturated carbocycles. The summed E-state index contributed by atoms with van der Waals surface area (Å²) in [6.45, 7) is 2.36. The lowest BCUT2D eigenvalue weighted by atomic mass is 10.2. The first-order chi connectivity index (χ1) is 13.9. The molecule has 3 rings (SSSR count). The van der Waals surface area contributed by atoms with Gasteiger partial charge in [-0.1, -0.05) is 40.9 Å². The monoisotopic (exact) mass is 448 g/mol. The molecule has 0 fully saturated rings. The average Bonchev–Trinajstić information content (AvgIpc) is 2.69. The highest BCUT2D eigenvalue weighted by Crippen LogP contribution is 2.27. The van der Waals surface area contributed by atoms with Crippen molar-refractivity contribution in [1.29, 1.82) is 0 Å². The Labute approximate surface area is 184 Å². The summed E-state index contributed by atoms with van der Waals surface area (Å²) in [5.74, 6) is 0.622. The van der Waals surface area contributed by atoms with Gasteiger partial charge in [0.15, 0.2) is 0 Å². The molecule has 0 aromatic heterocycles. The largest absolute Gasteiger partial charge is 0.489 e. The fourth-order valence-electron chi connectivity index (χ4n) is 2.69. The molecule has 0 saturated heterocycles. The zero-order chi connectivity index (χ0) is 20.8. The molecule has 0 bridgehead atoms. The molecule has 0 atom stereocenters. The molecule has 150 valence electrons. The van der Waals surface area contributed by atoms with Crippen molar-refractivity contribution in [2.75, 3.05) is 10.6 Å². The smallest absolute Gasteiger partial charge is 0.221 e. The topological polar surface area (TPSA) is 50.4 Å². The van der Waals surface area contributed by atoms with Gasteiger partial charge < -0.3 is 15.4 Å². The maximum atomic E-state index is 11.1. The summed E-state index contributed by atoms with van der Waals surface area (Å²) < 4.78 is 5.98. The normalized spacial score (nSPS) is 10.5. The van der Waals surface area contributed by atoms with E-state index in [1.54, 1.807) is 18.2 Å². The van der Waals surface area contributed by atoms with E-state index in [0.717, 1.165) is 28.3 Å². The summed E-state index contributed by atoms with van der Waals surface area (Å²) in [7, 11) is 0. The quantitative estimate of drug-likeness (QED) is 0.417. The summed E-state index contributed by atoms with van der Waals surface area (Å²) in [4.78, 5) is 11.1. The van der Waals surface area contributed by atoms with Gasteiger partial charge in [0, 0.05) is 35.4 Å². The third kappa shape index (κ3) is 6.29. The molecule has 0 radical (unpaired) electrons. The molecule has 0 aliphatic carbocycles. The Kier molecular flexibility index (Phi) is 7.26. The Balaban J connectivity index is 1.66. The highest BCUT2D eigenvalue weighted by molar-refractivity contribution is 6.42. The molecule has 0 unspecified atom stereocenters. The molecule has 0 spiro atoms. The van der Waals surface area contributed by atoms with E-state index < -0.39 is 0 Å². The van der Waals surface area contributed by atoms with Gasteiger partial charge in [-0.05, 0) is 60.2 Å². The minimum absolute atomic E-state index is 0.103. The van der Waals surface area contributed by atoms with Gasteiger partial charge in [0.2, 0.25) is 5.91 Å². The van der Waals surface area contributed by atoms with E-state index in [1.807, 2.05) is 42.5 Å². The van der Waals surface area contributed by atoms with Crippen molar-refractivity contribution < 1.29 is 9.53 Å². The lowest BCUT2D eigenvalue weighted by Gasteiger charge is -2.14. The van der Waals surface area contributed by atoms with Crippen molar-refractivity contribution in [3.63, 3.8) is 0 Å². The maximum absolute atomic E-state index is 11.1. The van der Waals surface area contributed by atoms with Gasteiger partial charge in [-0.15, -0.1) is 0 Å². The third-order valence-corrected chi connectivity index (χ3v) is 5.06. The predicted octanol–water partition coefficient (Wildman–Crippen LogP) is 6.80. The van der Waals surface area contributed by atoms with Crippen LogP contribution in [0.25, 0.3) is 0 Å². The van der Waals surface area contributed by atoms with Crippen LogP contribution in [0.1, 0.15) is 18.1 Å². The molecule has 7 heteroatoms. The number of rotatable bonds is 7. The van der Waals surface area contributed by atoms with Gasteiger partial charge in [0.1, 0.15) is 12.4 Å². The first-order valence-electron chi connectivity index (χ1n) is 8.87. The van der Waals surface area contributed by atoms with Crippen LogP contribution in [-0.2, 0) is 17.9 Å². The molecular weight excluding hydrogens is 431 g/mol. The van der Waals surface area contributed by atoms with Crippen molar-refractivity contribution >= 4 is 52.1 Å². The van der Waals surface area contributed by atoms with Crippen LogP contribution in [0.15, 0.2) is 60.7 Å². The first kappa shape index (κ1) is 21.3. The fourth-order valence-corrected chi connectivity index (χ4v) is 3.20. The molecule has 1 amide bonds. The molecule has 0 aliphatic heterocycles. The van der Waals surface area contributed by atoms with Gasteiger partial charge in [0.25, 0.3) is 0 Å². The zero-order valence-electron chi connectivity index (χ0n) is 15.6. The number of carbonyl (C=O) groups is 1. The van der Waals surface area contributed by atoms with Crippen LogP contribution >= 0.6 is 34.8 Å². The summed E-state index contributed by atoms with van der Waals surface area (Å²) >= 11 is 18.2. The third-order valence-electron chi connectivity index (χ3n) is 4.09. The number of halogens is 3. The Morgan fingerprint density at radius 1 is 0.897 bits per heavy atom. The van der Waals surface area contributed by atoms with E-state index in [2.05, 4.69) is 10.6 Å². The van der Waals surface area contributed by atoms with Crippen LogP contribution in [-0.4, -0.2) is 5.91 Å². The number of amides is 1. The number of benzene rings is 3. The molecule has 29 heavy (non-hydrogen) atoms. The number of carbonyl (C=O) groups excluding carboxylic acids is 1. The summed E-state index contributed by atoms with van der Waals surface area (Å²) in [6.07, 6.45) is 0. The summed E-state index contributed by atoms with van der Waals surface area (Å²) in [6, 6.07) is 18.4. The number of nitrogens with one attached hydrogen (secondary N) is 2. The minimum Gasteiger partial charge on any atom is -0.489 e. The van der Waals surface area contributed by atoms with Crippen LogP contribution in [0.5, 0.6) is 5.75 Å². The lowest BCUT2D eigenvalue weighted by molar-refractivity contribution is -0.114. The van der Waals surface area contributed by atoms with E-state index in [0.29, 0.717) is 28.2 Å². The minimum atomic E-state index is -0.103. The van der Waals surface area contributed by atoms with Gasteiger partial charge in [-0.25, -0.2) is 0 Å². The summed E-state index contributed by atoms with van der Waals surface area (Å²) in [5.41, 5.74) is 3.50. The van der Waals surface area contributed by atoms with Gasteiger partial charge in [-0.3, -0.25) is 4.79 Å². The maximum Gasteiger partial charge on any atom is 0.221 e. The Hall–Kier alpha value is -2.40. The fraction of sp³-hybridized carbons (Fsp3) is 0.136. The molecule has 0 heterocycles. The van der Waals surface area contributed by atoms with Gasteiger partial charge in [-0.2, -0.15) is 0 Å². The van der Waals surface area contributed by atoms with E-state index in [9.17, 15) is 4.79 Å². The number of hydrogen-bond donors (Lipinski definition) is 2. The molecule has 3 aromatic carbocycles. The van der Waals surface area contributed by atoms with Gasteiger partial charge >= 0.3 is 0 Å². The average molecular weight is 450 g/mol. The van der Waals surface area contributed by atoms with E-state index >= 15 is 0 Å². The second-order valence-electron chi connectivity index (χ2n) is 6.40. The first-order valence-corrected chi connectivity index (χ1v) is 10.0. The van der Waals surface area contributed by atoms with E-state index in [4.69, 9.17) is 39.5 Å². The van der Waals surface area contributed by atoms with E-state index in [-0.39, 0.29) is 5.91 Å². The highest BCUT2D eigenvalue weighted by atomic mass is 35.5. The second kappa shape index (κ2) is 9.88. The van der Waals surface area contributed by atoms with Crippen LogP contribution in [0.3, 0.4) is 0 Å². The molecule has 0 aliphatic rings. The van der Waals surface area contributed by atoms with Crippen LogP contribution < -0.4 is 15.4 Å². The Morgan fingerprint density at radius 2 is 1.62 bits per heavy atom. The van der Waals surface area contributed by atoms with Crippen LogP contribution in [0.4, 0.5) is 11.4 Å². The van der Waals surface area contributed by atoms with Crippen molar-refractivity contribution in [3.8, 4) is 5.75 Å². The Bertz CT molecular complexity index is 1010. The lowest BCUT2D eigenvalue weighted by Crippen LogP contribution is -2.06. The van der Waals surface area contributed by atoms with Gasteiger partial charge in [0.05, 0.1) is 10.0 Å². The molecule has 3 aromatic rings.